The van der Waals surface area contributed by atoms with Gasteiger partial charge in [-0.3, -0.25) is 4.79 Å². The van der Waals surface area contributed by atoms with Crippen molar-refractivity contribution in [3.63, 3.8) is 0 Å². The molecule has 4 nitrogen and oxygen atoms in total. The summed E-state index contributed by atoms with van der Waals surface area (Å²) in [6.45, 7) is 4.13. The van der Waals surface area contributed by atoms with Crippen LogP contribution in [0.25, 0.3) is 0 Å². The van der Waals surface area contributed by atoms with Crippen LogP contribution in [-0.2, 0) is 4.79 Å². The van der Waals surface area contributed by atoms with Crippen LogP contribution in [0, 0.1) is 5.92 Å². The van der Waals surface area contributed by atoms with E-state index in [4.69, 9.17) is 5.73 Å². The van der Waals surface area contributed by atoms with Gasteiger partial charge in [-0.15, -0.1) is 0 Å². The summed E-state index contributed by atoms with van der Waals surface area (Å²) in [4.78, 5) is 16.3. The van der Waals surface area contributed by atoms with Crippen molar-refractivity contribution in [1.29, 1.82) is 0 Å². The van der Waals surface area contributed by atoms with E-state index >= 15 is 0 Å². The number of amides is 1. The van der Waals surface area contributed by atoms with Crippen molar-refractivity contribution in [2.45, 2.75) is 13.0 Å². The number of nitrogens with two attached hydrogens (primary N) is 1. The number of likely N-dealkylation sites (N-methyl/N-ethyl adjacent to an activating group) is 1. The van der Waals surface area contributed by atoms with Crippen LogP contribution in [0.15, 0.2) is 28.7 Å². The molecule has 1 aromatic rings. The largest absolute Gasteiger partial charge is 0.358 e. The summed E-state index contributed by atoms with van der Waals surface area (Å²) in [5.41, 5.74) is 6.88. The summed E-state index contributed by atoms with van der Waals surface area (Å²) in [5, 5.41) is 0. The van der Waals surface area contributed by atoms with Crippen LogP contribution >= 0.6 is 15.9 Å². The molecule has 1 aromatic carbocycles. The van der Waals surface area contributed by atoms with Gasteiger partial charge in [0.1, 0.15) is 6.04 Å². The smallest absolute Gasteiger partial charge is 0.246 e. The van der Waals surface area contributed by atoms with Crippen molar-refractivity contribution >= 4 is 27.5 Å². The van der Waals surface area contributed by atoms with E-state index in [-0.39, 0.29) is 11.9 Å². The Bertz CT molecular complexity index is 449. The molecule has 19 heavy (non-hydrogen) atoms. The molecule has 0 spiro atoms. The first-order valence-corrected chi connectivity index (χ1v) is 7.29. The number of carbonyl (C=O) groups is 1. The Morgan fingerprint density at radius 2 is 1.95 bits per heavy atom. The normalized spacial score (nSPS) is 24.5. The van der Waals surface area contributed by atoms with E-state index in [1.54, 1.807) is 4.90 Å². The fourth-order valence-electron chi connectivity index (χ4n) is 2.61. The molecule has 2 rings (SSSR count). The fraction of sp³-hybridized carbons (Fsp3) is 0.500. The Morgan fingerprint density at radius 1 is 1.32 bits per heavy atom. The van der Waals surface area contributed by atoms with Crippen molar-refractivity contribution < 1.29 is 4.79 Å². The van der Waals surface area contributed by atoms with E-state index in [1.807, 2.05) is 31.3 Å². The maximum absolute atomic E-state index is 12.4. The van der Waals surface area contributed by atoms with Crippen LogP contribution < -0.4 is 10.6 Å². The summed E-state index contributed by atoms with van der Waals surface area (Å²) in [7, 11) is 1.85. The Balaban J connectivity index is 2.34. The lowest BCUT2D eigenvalue weighted by Gasteiger charge is -2.31. The number of carbonyl (C=O) groups excluding carboxylic acids is 1. The third-order valence-electron chi connectivity index (χ3n) is 3.51. The fourth-order valence-corrected chi connectivity index (χ4v) is 2.88. The van der Waals surface area contributed by atoms with Gasteiger partial charge >= 0.3 is 0 Å². The van der Waals surface area contributed by atoms with Gasteiger partial charge in [0.2, 0.25) is 5.91 Å². The van der Waals surface area contributed by atoms with Crippen LogP contribution in [0.2, 0.25) is 0 Å². The van der Waals surface area contributed by atoms with Gasteiger partial charge in [0, 0.05) is 36.8 Å². The third-order valence-corrected chi connectivity index (χ3v) is 4.04. The second-order valence-electron chi connectivity index (χ2n) is 5.20. The highest BCUT2D eigenvalue weighted by atomic mass is 79.9. The minimum absolute atomic E-state index is 0.106. The first-order valence-electron chi connectivity index (χ1n) is 6.50. The monoisotopic (exact) mass is 325 g/mol. The molecule has 1 amide bonds. The maximum atomic E-state index is 12.4. The van der Waals surface area contributed by atoms with Gasteiger partial charge in [-0.1, -0.05) is 22.9 Å². The van der Waals surface area contributed by atoms with Crippen molar-refractivity contribution in [2.75, 3.05) is 31.6 Å². The van der Waals surface area contributed by atoms with Crippen molar-refractivity contribution in [1.82, 2.24) is 4.90 Å². The lowest BCUT2D eigenvalue weighted by Crippen LogP contribution is -2.49. The summed E-state index contributed by atoms with van der Waals surface area (Å²) >= 11 is 3.43. The van der Waals surface area contributed by atoms with Crippen LogP contribution in [0.3, 0.4) is 0 Å². The Morgan fingerprint density at radius 3 is 2.53 bits per heavy atom. The Kier molecular flexibility index (Phi) is 4.47. The zero-order chi connectivity index (χ0) is 14.0. The zero-order valence-corrected chi connectivity index (χ0v) is 12.9. The highest BCUT2D eigenvalue weighted by Crippen LogP contribution is 2.24. The molecule has 2 N–H and O–H groups in total. The minimum atomic E-state index is -0.267. The SMILES string of the molecule is CC1CN(C)C(=O)C(CN)N(c2ccc(Br)cc2)C1. The summed E-state index contributed by atoms with van der Waals surface area (Å²) in [6.07, 6.45) is 0. The topological polar surface area (TPSA) is 49.6 Å². The highest BCUT2D eigenvalue weighted by molar-refractivity contribution is 9.10. The number of hydrogen-bond donors (Lipinski definition) is 1. The van der Waals surface area contributed by atoms with Gasteiger partial charge < -0.3 is 15.5 Å². The molecule has 5 heteroatoms. The molecule has 0 bridgehead atoms. The number of nitrogens with zero attached hydrogens (tertiary/aromatic N) is 2. The molecule has 1 aliphatic heterocycles. The molecular formula is C14H20BrN3O. The number of rotatable bonds is 2. The predicted octanol–water partition coefficient (Wildman–Crippen LogP) is 1.69. The standard InChI is InChI=1S/C14H20BrN3O/c1-10-8-17(2)14(19)13(7-16)18(9-10)12-5-3-11(15)4-6-12/h3-6,10,13H,7-9,16H2,1-2H3. The molecule has 0 aliphatic carbocycles. The average molecular weight is 326 g/mol. The number of halogens is 1. The van der Waals surface area contributed by atoms with Gasteiger partial charge in [-0.2, -0.15) is 0 Å². The van der Waals surface area contributed by atoms with Crippen molar-refractivity contribution in [3.05, 3.63) is 28.7 Å². The van der Waals surface area contributed by atoms with E-state index in [2.05, 4.69) is 27.8 Å². The molecule has 1 fully saturated rings. The van der Waals surface area contributed by atoms with Gasteiger partial charge in [0.25, 0.3) is 0 Å². The summed E-state index contributed by atoms with van der Waals surface area (Å²) in [5.74, 6) is 0.531. The van der Waals surface area contributed by atoms with E-state index < -0.39 is 0 Å². The molecule has 1 saturated heterocycles. The van der Waals surface area contributed by atoms with Gasteiger partial charge in [-0.25, -0.2) is 0 Å². The molecule has 2 atom stereocenters. The Hall–Kier alpha value is -1.07. The zero-order valence-electron chi connectivity index (χ0n) is 11.3. The Labute approximate surface area is 122 Å². The quantitative estimate of drug-likeness (QED) is 0.900. The summed E-state index contributed by atoms with van der Waals surface area (Å²) < 4.78 is 1.03. The first-order chi connectivity index (χ1) is 9.02. The van der Waals surface area contributed by atoms with Gasteiger partial charge in [0.15, 0.2) is 0 Å². The third kappa shape index (κ3) is 3.09. The molecule has 0 saturated carbocycles. The van der Waals surface area contributed by atoms with Crippen molar-refractivity contribution in [2.24, 2.45) is 11.7 Å². The average Bonchev–Trinajstić information content (AvgIpc) is 2.48. The second kappa shape index (κ2) is 5.92. The van der Waals surface area contributed by atoms with Gasteiger partial charge in [0.05, 0.1) is 0 Å². The summed E-state index contributed by atoms with van der Waals surface area (Å²) in [6, 6.07) is 7.77. The lowest BCUT2D eigenvalue weighted by molar-refractivity contribution is -0.130. The van der Waals surface area contributed by atoms with Crippen LogP contribution in [0.1, 0.15) is 6.92 Å². The minimum Gasteiger partial charge on any atom is -0.358 e. The molecular weight excluding hydrogens is 306 g/mol. The molecule has 2 unspecified atom stereocenters. The molecule has 0 radical (unpaired) electrons. The van der Waals surface area contributed by atoms with E-state index in [0.717, 1.165) is 23.2 Å². The van der Waals surface area contributed by atoms with Crippen LogP contribution in [0.4, 0.5) is 5.69 Å². The first kappa shape index (κ1) is 14.3. The van der Waals surface area contributed by atoms with E-state index in [1.165, 1.54) is 0 Å². The number of anilines is 1. The second-order valence-corrected chi connectivity index (χ2v) is 6.12. The van der Waals surface area contributed by atoms with Gasteiger partial charge in [-0.05, 0) is 30.2 Å². The lowest BCUT2D eigenvalue weighted by atomic mass is 10.1. The molecule has 104 valence electrons. The number of benzene rings is 1. The molecule has 1 heterocycles. The van der Waals surface area contributed by atoms with Crippen LogP contribution in [0.5, 0.6) is 0 Å². The molecule has 1 aliphatic rings. The number of hydrogen-bond acceptors (Lipinski definition) is 3. The highest BCUT2D eigenvalue weighted by Gasteiger charge is 2.32. The maximum Gasteiger partial charge on any atom is 0.246 e. The van der Waals surface area contributed by atoms with E-state index in [0.29, 0.717) is 12.5 Å². The van der Waals surface area contributed by atoms with E-state index in [9.17, 15) is 4.79 Å². The van der Waals surface area contributed by atoms with Crippen LogP contribution in [-0.4, -0.2) is 43.5 Å². The van der Waals surface area contributed by atoms with Crippen molar-refractivity contribution in [3.8, 4) is 0 Å². The predicted molar refractivity (Wildman–Crippen MR) is 81.1 cm³/mol. The molecule has 0 aromatic heterocycles.